The predicted molar refractivity (Wildman–Crippen MR) is 61.1 cm³/mol. The molecular weight excluding hydrogens is 204 g/mol. The summed E-state index contributed by atoms with van der Waals surface area (Å²) in [5, 5.41) is 0. The molecule has 0 bridgehead atoms. The maximum atomic E-state index is 11.3. The number of carbonyl (C=O) groups is 1. The van der Waals surface area contributed by atoms with Crippen LogP contribution < -0.4 is 9.47 Å². The number of ketones is 1. The lowest BCUT2D eigenvalue weighted by Gasteiger charge is -2.09. The van der Waals surface area contributed by atoms with Crippen LogP contribution in [-0.4, -0.2) is 20.0 Å². The van der Waals surface area contributed by atoms with Crippen LogP contribution in [0, 0.1) is 5.92 Å². The van der Waals surface area contributed by atoms with Crippen molar-refractivity contribution in [1.82, 2.24) is 0 Å². The van der Waals surface area contributed by atoms with E-state index in [1.54, 1.807) is 21.1 Å². The van der Waals surface area contributed by atoms with Gasteiger partial charge in [-0.15, -0.1) is 0 Å². The van der Waals surface area contributed by atoms with E-state index in [1.807, 2.05) is 18.2 Å². The molecule has 1 saturated carbocycles. The van der Waals surface area contributed by atoms with Crippen molar-refractivity contribution in [3.05, 3.63) is 23.8 Å². The zero-order valence-electron chi connectivity index (χ0n) is 9.82. The molecule has 1 aliphatic carbocycles. The lowest BCUT2D eigenvalue weighted by Crippen LogP contribution is -1.97. The molecule has 1 aliphatic rings. The first-order chi connectivity index (χ1) is 7.67. The number of carbonyl (C=O) groups excluding carboxylic acids is 1. The van der Waals surface area contributed by atoms with Crippen molar-refractivity contribution in [2.24, 2.45) is 5.92 Å². The molecule has 0 aromatic heterocycles. The van der Waals surface area contributed by atoms with E-state index < -0.39 is 0 Å². The highest BCUT2D eigenvalue weighted by molar-refractivity contribution is 5.82. The molecule has 0 amide bonds. The standard InChI is InChI=1S/C13H16O3/c1-8(14)10-7-11(10)12-6-9(15-2)4-5-13(12)16-3/h4-6,10-11H,7H2,1-3H3/t10-,11-/m1/s1. The Hall–Kier alpha value is -1.51. The van der Waals surface area contributed by atoms with Gasteiger partial charge in [-0.05, 0) is 37.5 Å². The minimum Gasteiger partial charge on any atom is -0.497 e. The zero-order chi connectivity index (χ0) is 11.7. The first-order valence-electron chi connectivity index (χ1n) is 5.39. The Morgan fingerprint density at radius 2 is 2.06 bits per heavy atom. The second-order valence-corrected chi connectivity index (χ2v) is 4.17. The molecule has 16 heavy (non-hydrogen) atoms. The van der Waals surface area contributed by atoms with Crippen molar-refractivity contribution in [1.29, 1.82) is 0 Å². The smallest absolute Gasteiger partial charge is 0.133 e. The van der Waals surface area contributed by atoms with Gasteiger partial charge in [0.1, 0.15) is 17.3 Å². The second-order valence-electron chi connectivity index (χ2n) is 4.17. The Morgan fingerprint density at radius 3 is 2.56 bits per heavy atom. The number of Topliss-reactive ketones (excluding diaryl/α,β-unsaturated/α-hetero) is 1. The van der Waals surface area contributed by atoms with Gasteiger partial charge in [0.15, 0.2) is 0 Å². The summed E-state index contributed by atoms with van der Waals surface area (Å²) in [6, 6.07) is 5.73. The molecule has 2 rings (SSSR count). The molecule has 0 spiro atoms. The van der Waals surface area contributed by atoms with Gasteiger partial charge < -0.3 is 9.47 Å². The van der Waals surface area contributed by atoms with Crippen molar-refractivity contribution in [2.75, 3.05) is 14.2 Å². The van der Waals surface area contributed by atoms with Gasteiger partial charge in [0.2, 0.25) is 0 Å². The first kappa shape index (κ1) is 11.0. The summed E-state index contributed by atoms with van der Waals surface area (Å²) in [5.41, 5.74) is 1.09. The number of hydrogen-bond acceptors (Lipinski definition) is 3. The zero-order valence-corrected chi connectivity index (χ0v) is 9.82. The number of rotatable bonds is 4. The third kappa shape index (κ3) is 1.90. The maximum absolute atomic E-state index is 11.3. The van der Waals surface area contributed by atoms with E-state index in [2.05, 4.69) is 0 Å². The molecular formula is C13H16O3. The Morgan fingerprint density at radius 1 is 1.31 bits per heavy atom. The normalized spacial score (nSPS) is 22.7. The van der Waals surface area contributed by atoms with Crippen LogP contribution in [0.1, 0.15) is 24.8 Å². The Labute approximate surface area is 95.4 Å². The molecule has 0 radical (unpaired) electrons. The fourth-order valence-corrected chi connectivity index (χ4v) is 2.12. The molecule has 3 nitrogen and oxygen atoms in total. The molecule has 2 atom stereocenters. The van der Waals surface area contributed by atoms with Crippen LogP contribution in [0.2, 0.25) is 0 Å². The van der Waals surface area contributed by atoms with E-state index in [-0.39, 0.29) is 11.7 Å². The second kappa shape index (κ2) is 4.16. The topological polar surface area (TPSA) is 35.5 Å². The van der Waals surface area contributed by atoms with Crippen LogP contribution in [0.5, 0.6) is 11.5 Å². The molecule has 1 fully saturated rings. The minimum absolute atomic E-state index is 0.168. The number of benzene rings is 1. The summed E-state index contributed by atoms with van der Waals surface area (Å²) in [5.74, 6) is 2.39. The largest absolute Gasteiger partial charge is 0.497 e. The highest BCUT2D eigenvalue weighted by Gasteiger charge is 2.43. The molecule has 0 N–H and O–H groups in total. The lowest BCUT2D eigenvalue weighted by molar-refractivity contribution is -0.118. The summed E-state index contributed by atoms with van der Waals surface area (Å²) in [4.78, 5) is 11.3. The number of hydrogen-bond donors (Lipinski definition) is 0. The van der Waals surface area contributed by atoms with Crippen LogP contribution in [-0.2, 0) is 4.79 Å². The summed E-state index contributed by atoms with van der Waals surface area (Å²) >= 11 is 0. The van der Waals surface area contributed by atoms with Gasteiger partial charge in [-0.3, -0.25) is 4.79 Å². The van der Waals surface area contributed by atoms with Crippen LogP contribution in [0.15, 0.2) is 18.2 Å². The van der Waals surface area contributed by atoms with Crippen LogP contribution in [0.3, 0.4) is 0 Å². The molecule has 86 valence electrons. The van der Waals surface area contributed by atoms with Crippen molar-refractivity contribution in [3.63, 3.8) is 0 Å². The van der Waals surface area contributed by atoms with Gasteiger partial charge in [-0.1, -0.05) is 0 Å². The van der Waals surface area contributed by atoms with Gasteiger partial charge in [-0.25, -0.2) is 0 Å². The first-order valence-corrected chi connectivity index (χ1v) is 5.39. The highest BCUT2D eigenvalue weighted by Crippen LogP contribution is 2.51. The van der Waals surface area contributed by atoms with Gasteiger partial charge in [-0.2, -0.15) is 0 Å². The van der Waals surface area contributed by atoms with Crippen molar-refractivity contribution in [3.8, 4) is 11.5 Å². The highest BCUT2D eigenvalue weighted by atomic mass is 16.5. The Balaban J connectivity index is 2.28. The molecule has 3 heteroatoms. The average Bonchev–Trinajstić information content (AvgIpc) is 3.08. The van der Waals surface area contributed by atoms with Gasteiger partial charge >= 0.3 is 0 Å². The molecule has 0 heterocycles. The van der Waals surface area contributed by atoms with Crippen LogP contribution in [0.25, 0.3) is 0 Å². The molecule has 0 unspecified atom stereocenters. The van der Waals surface area contributed by atoms with E-state index in [4.69, 9.17) is 9.47 Å². The third-order valence-electron chi connectivity index (χ3n) is 3.15. The van der Waals surface area contributed by atoms with Crippen LogP contribution >= 0.6 is 0 Å². The van der Waals surface area contributed by atoms with E-state index in [0.29, 0.717) is 5.92 Å². The Kier molecular flexibility index (Phi) is 2.86. The summed E-state index contributed by atoms with van der Waals surface area (Å²) in [6.07, 6.45) is 0.929. The molecule has 1 aromatic carbocycles. The summed E-state index contributed by atoms with van der Waals surface area (Å²) < 4.78 is 10.5. The quantitative estimate of drug-likeness (QED) is 0.781. The van der Waals surface area contributed by atoms with Gasteiger partial charge in [0.05, 0.1) is 14.2 Å². The third-order valence-corrected chi connectivity index (χ3v) is 3.15. The molecule has 1 aromatic rings. The van der Waals surface area contributed by atoms with Crippen LogP contribution in [0.4, 0.5) is 0 Å². The van der Waals surface area contributed by atoms with Crippen molar-refractivity contribution in [2.45, 2.75) is 19.3 Å². The van der Waals surface area contributed by atoms with Crippen molar-refractivity contribution < 1.29 is 14.3 Å². The molecule has 0 saturated heterocycles. The summed E-state index contributed by atoms with van der Waals surface area (Å²) in [6.45, 7) is 1.65. The predicted octanol–water partition coefficient (Wildman–Crippen LogP) is 2.40. The van der Waals surface area contributed by atoms with E-state index >= 15 is 0 Å². The van der Waals surface area contributed by atoms with Crippen molar-refractivity contribution >= 4 is 5.78 Å². The van der Waals surface area contributed by atoms with E-state index in [1.165, 1.54) is 0 Å². The van der Waals surface area contributed by atoms with E-state index in [0.717, 1.165) is 23.5 Å². The minimum atomic E-state index is 0.168. The monoisotopic (exact) mass is 220 g/mol. The average molecular weight is 220 g/mol. The van der Waals surface area contributed by atoms with E-state index in [9.17, 15) is 4.79 Å². The molecule has 0 aliphatic heterocycles. The fraction of sp³-hybridized carbons (Fsp3) is 0.462. The maximum Gasteiger partial charge on any atom is 0.133 e. The van der Waals surface area contributed by atoms with Gasteiger partial charge in [0.25, 0.3) is 0 Å². The Bertz CT molecular complexity index is 412. The summed E-state index contributed by atoms with van der Waals surface area (Å²) in [7, 11) is 3.29. The van der Waals surface area contributed by atoms with Gasteiger partial charge in [0, 0.05) is 11.5 Å². The SMILES string of the molecule is COc1ccc(OC)c([C@@H]2C[C@@H]2C(C)=O)c1. The number of ether oxygens (including phenoxy) is 2. The fourth-order valence-electron chi connectivity index (χ4n) is 2.12. The lowest BCUT2D eigenvalue weighted by atomic mass is 10.1. The number of methoxy groups -OCH3 is 2.